The van der Waals surface area contributed by atoms with E-state index < -0.39 is 68.0 Å². The molecule has 210 valence electrons. The number of carbonyl (C=O) groups is 3. The van der Waals surface area contributed by atoms with Crippen LogP contribution >= 0.6 is 11.6 Å². The van der Waals surface area contributed by atoms with Crippen LogP contribution in [0.1, 0.15) is 33.9 Å². The van der Waals surface area contributed by atoms with Gasteiger partial charge < -0.3 is 15.3 Å². The van der Waals surface area contributed by atoms with E-state index >= 15 is 0 Å². The van der Waals surface area contributed by atoms with Crippen LogP contribution in [-0.4, -0.2) is 59.8 Å². The number of benzene rings is 3. The number of carboxylic acid groups (broad SMARTS) is 1. The lowest BCUT2D eigenvalue weighted by Gasteiger charge is -2.30. The Hall–Kier alpha value is -3.87. The summed E-state index contributed by atoms with van der Waals surface area (Å²) in [6.07, 6.45) is -2.32. The minimum Gasteiger partial charge on any atom is -0.481 e. The van der Waals surface area contributed by atoms with Gasteiger partial charge >= 0.3 is 5.97 Å². The predicted molar refractivity (Wildman–Crippen MR) is 141 cm³/mol. The molecule has 1 saturated heterocycles. The van der Waals surface area contributed by atoms with Crippen molar-refractivity contribution in [1.29, 1.82) is 0 Å². The second-order valence-electron chi connectivity index (χ2n) is 9.14. The van der Waals surface area contributed by atoms with Crippen molar-refractivity contribution in [2.24, 2.45) is 0 Å². The molecular weight excluding hydrogens is 568 g/mol. The third-order valence-corrected chi connectivity index (χ3v) is 8.49. The molecule has 2 N–H and O–H groups in total. The summed E-state index contributed by atoms with van der Waals surface area (Å²) >= 11 is 5.81. The van der Waals surface area contributed by atoms with E-state index in [1.165, 1.54) is 18.2 Å². The van der Waals surface area contributed by atoms with E-state index in [9.17, 15) is 36.7 Å². The van der Waals surface area contributed by atoms with Gasteiger partial charge in [-0.05, 0) is 55.0 Å². The highest BCUT2D eigenvalue weighted by Crippen LogP contribution is 2.29. The zero-order valence-electron chi connectivity index (χ0n) is 21.1. The highest BCUT2D eigenvalue weighted by atomic mass is 35.5. The van der Waals surface area contributed by atoms with Crippen LogP contribution in [0.15, 0.2) is 71.6 Å². The molecular formula is C27H24ClF2N3O6S. The van der Waals surface area contributed by atoms with Crippen molar-refractivity contribution < 1.29 is 36.7 Å². The van der Waals surface area contributed by atoms with Gasteiger partial charge in [-0.2, -0.15) is 4.31 Å². The Morgan fingerprint density at radius 3 is 2.38 bits per heavy atom. The number of carboxylic acids is 1. The van der Waals surface area contributed by atoms with Crippen LogP contribution in [-0.2, 0) is 19.6 Å². The standard InChI is InChI=1S/C27H24ClF2N3O6S/c1-16-3-2-4-18(13-16)27(37)32-11-12-33(40(38,39)20-9-10-22(30)21(28)14-20)26(32)25(36)31-23(15-24(34)35)17-5-7-19(29)8-6-17/h2-10,13-14,23,26H,11-12,15H2,1H3,(H,31,36)(H,34,35). The number of aliphatic carboxylic acids is 1. The number of hydrogen-bond donors (Lipinski definition) is 2. The van der Waals surface area contributed by atoms with Gasteiger partial charge in [0.1, 0.15) is 11.6 Å². The summed E-state index contributed by atoms with van der Waals surface area (Å²) in [5.41, 5.74) is 1.23. The first-order chi connectivity index (χ1) is 18.9. The third kappa shape index (κ3) is 6.14. The molecule has 1 aliphatic heterocycles. The number of aryl methyl sites for hydroxylation is 1. The Morgan fingerprint density at radius 2 is 1.75 bits per heavy atom. The molecule has 2 unspecified atom stereocenters. The summed E-state index contributed by atoms with van der Waals surface area (Å²) < 4.78 is 55.3. The van der Waals surface area contributed by atoms with Gasteiger partial charge in [0.25, 0.3) is 11.8 Å². The van der Waals surface area contributed by atoms with E-state index in [4.69, 9.17) is 11.6 Å². The van der Waals surface area contributed by atoms with E-state index in [2.05, 4.69) is 5.32 Å². The van der Waals surface area contributed by atoms with Gasteiger partial charge in [0.15, 0.2) is 6.17 Å². The molecule has 13 heteroatoms. The zero-order chi connectivity index (χ0) is 29.2. The number of halogens is 3. The Morgan fingerprint density at radius 1 is 1.05 bits per heavy atom. The minimum atomic E-state index is -4.50. The second-order valence-corrected chi connectivity index (χ2v) is 11.4. The maximum absolute atomic E-state index is 13.8. The molecule has 0 aliphatic carbocycles. The molecule has 3 aromatic carbocycles. The summed E-state index contributed by atoms with van der Waals surface area (Å²) in [6.45, 7) is 1.31. The van der Waals surface area contributed by atoms with Gasteiger partial charge in [-0.15, -0.1) is 0 Å². The second kappa shape index (κ2) is 11.7. The molecule has 4 rings (SSSR count). The predicted octanol–water partition coefficient (Wildman–Crippen LogP) is 3.73. The largest absolute Gasteiger partial charge is 0.481 e. The SMILES string of the molecule is Cc1cccc(C(=O)N2CCN(S(=O)(=O)c3ccc(F)c(Cl)c3)C2C(=O)NC(CC(=O)O)c2ccc(F)cc2)c1. The molecule has 3 aromatic rings. The lowest BCUT2D eigenvalue weighted by Crippen LogP contribution is -2.54. The fourth-order valence-corrected chi connectivity index (χ4v) is 6.24. The van der Waals surface area contributed by atoms with E-state index in [-0.39, 0.29) is 24.2 Å². The fourth-order valence-electron chi connectivity index (χ4n) is 4.43. The molecule has 1 aliphatic rings. The molecule has 9 nitrogen and oxygen atoms in total. The topological polar surface area (TPSA) is 124 Å². The van der Waals surface area contributed by atoms with E-state index in [0.717, 1.165) is 45.1 Å². The molecule has 40 heavy (non-hydrogen) atoms. The van der Waals surface area contributed by atoms with Gasteiger partial charge in [-0.3, -0.25) is 14.4 Å². The van der Waals surface area contributed by atoms with Gasteiger partial charge in [-0.1, -0.05) is 41.4 Å². The number of nitrogens with zero attached hydrogens (tertiary/aromatic N) is 2. The molecule has 1 heterocycles. The van der Waals surface area contributed by atoms with Crippen molar-refractivity contribution in [3.05, 3.63) is 100 Å². The molecule has 0 radical (unpaired) electrons. The van der Waals surface area contributed by atoms with Gasteiger partial charge in [0.2, 0.25) is 10.0 Å². The molecule has 1 fully saturated rings. The summed E-state index contributed by atoms with van der Waals surface area (Å²) in [6, 6.07) is 12.9. The number of carbonyl (C=O) groups excluding carboxylic acids is 2. The Kier molecular flexibility index (Phi) is 8.52. The number of amides is 2. The smallest absolute Gasteiger partial charge is 0.305 e. The maximum atomic E-state index is 13.8. The number of hydrogen-bond acceptors (Lipinski definition) is 5. The summed E-state index contributed by atoms with van der Waals surface area (Å²) in [5, 5.41) is 11.5. The normalized spacial score (nSPS) is 16.5. The first-order valence-electron chi connectivity index (χ1n) is 12.0. The third-order valence-electron chi connectivity index (χ3n) is 6.35. The zero-order valence-corrected chi connectivity index (χ0v) is 22.6. The van der Waals surface area contributed by atoms with Crippen LogP contribution in [0.4, 0.5) is 8.78 Å². The summed E-state index contributed by atoms with van der Waals surface area (Å²) in [7, 11) is -4.50. The van der Waals surface area contributed by atoms with Crippen LogP contribution < -0.4 is 5.32 Å². The number of nitrogens with one attached hydrogen (secondary N) is 1. The molecule has 0 bridgehead atoms. The first kappa shape index (κ1) is 29.1. The average molecular weight is 592 g/mol. The molecule has 0 spiro atoms. The fraction of sp³-hybridized carbons (Fsp3) is 0.222. The van der Waals surface area contributed by atoms with Crippen LogP contribution in [0.5, 0.6) is 0 Å². The van der Waals surface area contributed by atoms with Crippen LogP contribution in [0.3, 0.4) is 0 Å². The van der Waals surface area contributed by atoms with E-state index in [1.54, 1.807) is 25.1 Å². The monoisotopic (exact) mass is 591 g/mol. The maximum Gasteiger partial charge on any atom is 0.305 e. The number of rotatable bonds is 8. The van der Waals surface area contributed by atoms with Crippen LogP contribution in [0.25, 0.3) is 0 Å². The highest BCUT2D eigenvalue weighted by molar-refractivity contribution is 7.89. The Bertz CT molecular complexity index is 1570. The van der Waals surface area contributed by atoms with E-state index in [0.29, 0.717) is 0 Å². The molecule has 0 saturated carbocycles. The average Bonchev–Trinajstić information content (AvgIpc) is 3.36. The van der Waals surface area contributed by atoms with Crippen molar-refractivity contribution in [2.45, 2.75) is 30.4 Å². The Labute approximate surface area is 234 Å². The van der Waals surface area contributed by atoms with E-state index in [1.807, 2.05) is 0 Å². The quantitative estimate of drug-likeness (QED) is 0.411. The van der Waals surface area contributed by atoms with Crippen molar-refractivity contribution in [2.75, 3.05) is 13.1 Å². The van der Waals surface area contributed by atoms with Crippen molar-refractivity contribution in [3.8, 4) is 0 Å². The Balaban J connectivity index is 1.75. The van der Waals surface area contributed by atoms with Crippen molar-refractivity contribution in [1.82, 2.24) is 14.5 Å². The van der Waals surface area contributed by atoms with Gasteiger partial charge in [-0.25, -0.2) is 17.2 Å². The van der Waals surface area contributed by atoms with Gasteiger partial charge in [0.05, 0.1) is 22.4 Å². The lowest BCUT2D eigenvalue weighted by molar-refractivity contribution is -0.138. The molecule has 2 amide bonds. The van der Waals surface area contributed by atoms with Crippen molar-refractivity contribution in [3.63, 3.8) is 0 Å². The first-order valence-corrected chi connectivity index (χ1v) is 13.8. The highest BCUT2D eigenvalue weighted by Gasteiger charge is 2.47. The van der Waals surface area contributed by atoms with Crippen LogP contribution in [0.2, 0.25) is 5.02 Å². The number of sulfonamides is 1. The van der Waals surface area contributed by atoms with Gasteiger partial charge in [0, 0.05) is 18.7 Å². The van der Waals surface area contributed by atoms with Crippen molar-refractivity contribution >= 4 is 39.4 Å². The molecule has 0 aromatic heterocycles. The minimum absolute atomic E-state index is 0.167. The summed E-state index contributed by atoms with van der Waals surface area (Å²) in [4.78, 5) is 39.5. The summed E-state index contributed by atoms with van der Waals surface area (Å²) in [5.74, 6) is -4.31. The molecule has 2 atom stereocenters. The lowest BCUT2D eigenvalue weighted by atomic mass is 10.0. The van der Waals surface area contributed by atoms with Crippen LogP contribution in [0, 0.1) is 18.6 Å².